The van der Waals surface area contributed by atoms with Crippen molar-refractivity contribution in [3.8, 4) is 0 Å². The van der Waals surface area contributed by atoms with Crippen molar-refractivity contribution in [2.75, 3.05) is 26.2 Å². The second-order valence-corrected chi connectivity index (χ2v) is 7.27. The van der Waals surface area contributed by atoms with Crippen molar-refractivity contribution in [1.82, 2.24) is 19.6 Å². The second-order valence-electron chi connectivity index (χ2n) is 6.89. The molecule has 1 aliphatic heterocycles. The number of hydrogen-bond donors (Lipinski definition) is 0. The molecule has 8 heteroatoms. The van der Waals surface area contributed by atoms with Crippen LogP contribution in [0.3, 0.4) is 0 Å². The van der Waals surface area contributed by atoms with Gasteiger partial charge < -0.3 is 4.90 Å². The van der Waals surface area contributed by atoms with Crippen molar-refractivity contribution < 1.29 is 13.6 Å². The largest absolute Gasteiger partial charge is 0.339 e. The number of nitrogens with zero attached hydrogens (tertiary/aromatic N) is 4. The average Bonchev–Trinajstić information content (AvgIpc) is 2.91. The number of rotatable bonds is 5. The SMILES string of the molecule is Cc1cccc(CN2CCN(C(=O)Cn3nc(C(F)F)c(Cl)c3C)CC2)c1. The van der Waals surface area contributed by atoms with Crippen LogP contribution in [0, 0.1) is 13.8 Å². The van der Waals surface area contributed by atoms with Gasteiger partial charge in [-0.15, -0.1) is 0 Å². The van der Waals surface area contributed by atoms with Crippen LogP contribution < -0.4 is 0 Å². The number of carbonyl (C=O) groups excluding carboxylic acids is 1. The van der Waals surface area contributed by atoms with Crippen LogP contribution in [0.15, 0.2) is 24.3 Å². The third-order valence-electron chi connectivity index (χ3n) is 4.86. The average molecular weight is 397 g/mol. The Hall–Kier alpha value is -1.99. The van der Waals surface area contributed by atoms with Gasteiger partial charge in [-0.25, -0.2) is 8.78 Å². The number of aryl methyl sites for hydroxylation is 1. The van der Waals surface area contributed by atoms with Crippen molar-refractivity contribution in [3.05, 3.63) is 51.8 Å². The Kier molecular flexibility index (Phi) is 6.11. The molecule has 2 heterocycles. The molecule has 1 saturated heterocycles. The molecule has 1 aromatic carbocycles. The van der Waals surface area contributed by atoms with Gasteiger partial charge in [-0.3, -0.25) is 14.4 Å². The quantitative estimate of drug-likeness (QED) is 0.777. The van der Waals surface area contributed by atoms with Gasteiger partial charge in [0, 0.05) is 32.7 Å². The summed E-state index contributed by atoms with van der Waals surface area (Å²) >= 11 is 5.89. The lowest BCUT2D eigenvalue weighted by Gasteiger charge is -2.34. The van der Waals surface area contributed by atoms with E-state index < -0.39 is 12.1 Å². The maximum Gasteiger partial charge on any atom is 0.283 e. The van der Waals surface area contributed by atoms with Crippen LogP contribution in [-0.2, 0) is 17.9 Å². The van der Waals surface area contributed by atoms with E-state index in [0.29, 0.717) is 18.8 Å². The molecule has 1 amide bonds. The standard InChI is InChI=1S/C19H23ClF2N4O/c1-13-4-3-5-15(10-13)11-24-6-8-25(9-7-24)16(27)12-26-14(2)17(20)18(23-26)19(21)22/h3-5,10,19H,6-9,11-12H2,1-2H3. The fraction of sp³-hybridized carbons (Fsp3) is 0.474. The maximum absolute atomic E-state index is 12.9. The van der Waals surface area contributed by atoms with Gasteiger partial charge in [0.2, 0.25) is 5.91 Å². The first-order valence-electron chi connectivity index (χ1n) is 8.91. The summed E-state index contributed by atoms with van der Waals surface area (Å²) in [6, 6.07) is 8.40. The van der Waals surface area contributed by atoms with E-state index in [-0.39, 0.29) is 17.5 Å². The molecule has 3 rings (SSSR count). The summed E-state index contributed by atoms with van der Waals surface area (Å²) in [6.45, 7) is 7.23. The molecule has 0 unspecified atom stereocenters. The Labute approximate surface area is 162 Å². The first-order chi connectivity index (χ1) is 12.8. The van der Waals surface area contributed by atoms with Crippen LogP contribution in [0.2, 0.25) is 5.02 Å². The molecule has 146 valence electrons. The zero-order valence-electron chi connectivity index (χ0n) is 15.5. The fourth-order valence-electron chi connectivity index (χ4n) is 3.29. The Bertz CT molecular complexity index is 816. The van der Waals surface area contributed by atoms with Crippen LogP contribution >= 0.6 is 11.6 Å². The van der Waals surface area contributed by atoms with Crippen LogP contribution in [-0.4, -0.2) is 51.7 Å². The molecule has 5 nitrogen and oxygen atoms in total. The highest BCUT2D eigenvalue weighted by Gasteiger charge is 2.25. The van der Waals surface area contributed by atoms with Gasteiger partial charge in [-0.2, -0.15) is 5.10 Å². The lowest BCUT2D eigenvalue weighted by atomic mass is 10.1. The lowest BCUT2D eigenvalue weighted by Crippen LogP contribution is -2.49. The number of halogens is 3. The summed E-state index contributed by atoms with van der Waals surface area (Å²) < 4.78 is 27.1. The normalized spacial score (nSPS) is 15.6. The third kappa shape index (κ3) is 4.65. The van der Waals surface area contributed by atoms with Crippen molar-refractivity contribution in [3.63, 3.8) is 0 Å². The van der Waals surface area contributed by atoms with Crippen LogP contribution in [0.5, 0.6) is 0 Å². The van der Waals surface area contributed by atoms with Gasteiger partial charge in [0.05, 0.1) is 10.7 Å². The minimum Gasteiger partial charge on any atom is -0.339 e. The van der Waals surface area contributed by atoms with Gasteiger partial charge in [0.25, 0.3) is 6.43 Å². The summed E-state index contributed by atoms with van der Waals surface area (Å²) in [6.07, 6.45) is -2.75. The predicted octanol–water partition coefficient (Wildman–Crippen LogP) is 3.44. The Morgan fingerprint density at radius 1 is 1.22 bits per heavy atom. The maximum atomic E-state index is 12.9. The predicted molar refractivity (Wildman–Crippen MR) is 100.0 cm³/mol. The van der Waals surface area contributed by atoms with Crippen LogP contribution in [0.25, 0.3) is 0 Å². The molecule has 0 spiro atoms. The first-order valence-corrected chi connectivity index (χ1v) is 9.29. The number of aromatic nitrogens is 2. The summed E-state index contributed by atoms with van der Waals surface area (Å²) in [5.41, 5.74) is 2.41. The van der Waals surface area contributed by atoms with Crippen molar-refractivity contribution in [2.24, 2.45) is 0 Å². The van der Waals surface area contributed by atoms with E-state index in [9.17, 15) is 13.6 Å². The summed E-state index contributed by atoms with van der Waals surface area (Å²) in [4.78, 5) is 16.6. The van der Waals surface area contributed by atoms with E-state index in [4.69, 9.17) is 11.6 Å². The molecule has 0 radical (unpaired) electrons. The second kappa shape index (κ2) is 8.35. The molecule has 1 aliphatic rings. The van der Waals surface area contributed by atoms with Gasteiger partial charge in [0.15, 0.2) is 0 Å². The minimum atomic E-state index is -2.75. The Morgan fingerprint density at radius 3 is 2.52 bits per heavy atom. The number of benzene rings is 1. The minimum absolute atomic E-state index is 0.0687. The number of piperazine rings is 1. The zero-order chi connectivity index (χ0) is 19.6. The Balaban J connectivity index is 1.55. The van der Waals surface area contributed by atoms with E-state index in [2.05, 4.69) is 41.2 Å². The molecule has 0 atom stereocenters. The molecule has 0 N–H and O–H groups in total. The van der Waals surface area contributed by atoms with Gasteiger partial charge in [-0.1, -0.05) is 41.4 Å². The van der Waals surface area contributed by atoms with Crippen LogP contribution in [0.1, 0.15) is 28.9 Å². The van der Waals surface area contributed by atoms with Gasteiger partial charge >= 0.3 is 0 Å². The highest BCUT2D eigenvalue weighted by molar-refractivity contribution is 6.31. The highest BCUT2D eigenvalue weighted by atomic mass is 35.5. The zero-order valence-corrected chi connectivity index (χ0v) is 16.2. The van der Waals surface area contributed by atoms with E-state index in [1.54, 1.807) is 11.8 Å². The summed E-state index contributed by atoms with van der Waals surface area (Å²) in [5, 5.41) is 3.73. The highest BCUT2D eigenvalue weighted by Crippen LogP contribution is 2.28. The molecule has 0 aliphatic carbocycles. The molecule has 2 aromatic rings. The van der Waals surface area contributed by atoms with Crippen molar-refractivity contribution >= 4 is 17.5 Å². The topological polar surface area (TPSA) is 41.4 Å². The van der Waals surface area contributed by atoms with Crippen molar-refractivity contribution in [1.29, 1.82) is 0 Å². The van der Waals surface area contributed by atoms with Crippen molar-refractivity contribution in [2.45, 2.75) is 33.4 Å². The van der Waals surface area contributed by atoms with E-state index in [1.807, 2.05) is 0 Å². The Morgan fingerprint density at radius 2 is 1.93 bits per heavy atom. The van der Waals surface area contributed by atoms with Crippen LogP contribution in [0.4, 0.5) is 8.78 Å². The molecule has 0 saturated carbocycles. The molecule has 1 aromatic heterocycles. The van der Waals surface area contributed by atoms with E-state index in [0.717, 1.165) is 19.6 Å². The summed E-state index contributed by atoms with van der Waals surface area (Å²) in [7, 11) is 0. The number of carbonyl (C=O) groups is 1. The smallest absolute Gasteiger partial charge is 0.283 e. The monoisotopic (exact) mass is 396 g/mol. The fourth-order valence-corrected chi connectivity index (χ4v) is 3.51. The van der Waals surface area contributed by atoms with E-state index in [1.165, 1.54) is 15.8 Å². The van der Waals surface area contributed by atoms with E-state index >= 15 is 0 Å². The number of hydrogen-bond acceptors (Lipinski definition) is 3. The summed E-state index contributed by atoms with van der Waals surface area (Å²) in [5.74, 6) is -0.131. The molecule has 27 heavy (non-hydrogen) atoms. The lowest BCUT2D eigenvalue weighted by molar-refractivity contribution is -0.133. The third-order valence-corrected chi connectivity index (χ3v) is 5.33. The molecular weight excluding hydrogens is 374 g/mol. The molecular formula is C19H23ClF2N4O. The first kappa shape index (κ1) is 19.8. The number of alkyl halides is 2. The number of amides is 1. The van der Waals surface area contributed by atoms with Gasteiger partial charge in [0.1, 0.15) is 12.2 Å². The molecule has 1 fully saturated rings. The molecule has 0 bridgehead atoms. The van der Waals surface area contributed by atoms with Gasteiger partial charge in [-0.05, 0) is 19.4 Å².